The van der Waals surface area contributed by atoms with Crippen LogP contribution in [-0.4, -0.2) is 70.1 Å². The Labute approximate surface area is 226 Å². The van der Waals surface area contributed by atoms with Gasteiger partial charge in [-0.1, -0.05) is 0 Å². The third-order valence-electron chi connectivity index (χ3n) is 7.82. The first-order chi connectivity index (χ1) is 18.7. The van der Waals surface area contributed by atoms with Gasteiger partial charge in [-0.05, 0) is 52.3 Å². The molecular formula is C28H34N10O. The largest absolute Gasteiger partial charge is 0.351 e. The van der Waals surface area contributed by atoms with Gasteiger partial charge < -0.3 is 10.6 Å². The second-order valence-electron chi connectivity index (χ2n) is 11.0. The molecule has 11 heteroatoms. The molecule has 0 radical (unpaired) electrons. The maximum Gasteiger partial charge on any atom is 0.252 e. The van der Waals surface area contributed by atoms with Gasteiger partial charge in [-0.25, -0.2) is 4.52 Å². The van der Waals surface area contributed by atoms with E-state index in [0.717, 1.165) is 52.0 Å². The molecule has 39 heavy (non-hydrogen) atoms. The molecule has 1 amide bonds. The Hall–Kier alpha value is -4.25. The van der Waals surface area contributed by atoms with E-state index in [1.165, 1.54) is 12.8 Å². The Morgan fingerprint density at radius 1 is 1.08 bits per heavy atom. The van der Waals surface area contributed by atoms with Crippen LogP contribution >= 0.6 is 0 Å². The average Bonchev–Trinajstić information content (AvgIpc) is 3.66. The van der Waals surface area contributed by atoms with Crippen molar-refractivity contribution >= 4 is 33.8 Å². The van der Waals surface area contributed by atoms with Crippen LogP contribution in [0.4, 0.5) is 11.5 Å². The van der Waals surface area contributed by atoms with E-state index in [-0.39, 0.29) is 11.4 Å². The van der Waals surface area contributed by atoms with Gasteiger partial charge in [-0.2, -0.15) is 15.3 Å². The molecule has 1 aliphatic rings. The molecule has 0 atom stereocenters. The highest BCUT2D eigenvalue weighted by atomic mass is 16.1. The molecule has 6 rings (SSSR count). The van der Waals surface area contributed by atoms with Crippen molar-refractivity contribution in [1.82, 2.24) is 44.4 Å². The molecule has 0 aliphatic carbocycles. The molecule has 5 aromatic rings. The first kappa shape index (κ1) is 25.1. The summed E-state index contributed by atoms with van der Waals surface area (Å²) in [5, 5.41) is 21.0. The molecule has 0 saturated carbocycles. The standard InChI is InChI=1S/C28H34N10O/c1-18-23(11-19(13-30-18)27(39)29-8-10-37-9-6-7-28(37,2)3)33-26-22-15-32-38-17-20(21-14-31-35(4)16-21)12-24(38)25(22)36(5)34-26/h11-17H,6-10H2,1-5H3,(H,29,39)(H,33,34). The summed E-state index contributed by atoms with van der Waals surface area (Å²) in [5.41, 5.74) is 6.17. The van der Waals surface area contributed by atoms with Crippen molar-refractivity contribution in [1.29, 1.82) is 0 Å². The molecular weight excluding hydrogens is 492 g/mol. The number of carbonyl (C=O) groups is 1. The van der Waals surface area contributed by atoms with Crippen molar-refractivity contribution in [2.75, 3.05) is 25.0 Å². The van der Waals surface area contributed by atoms with E-state index >= 15 is 0 Å². The van der Waals surface area contributed by atoms with Gasteiger partial charge in [0.2, 0.25) is 0 Å². The van der Waals surface area contributed by atoms with Crippen LogP contribution in [0.5, 0.6) is 0 Å². The highest BCUT2D eigenvalue weighted by Crippen LogP contribution is 2.31. The summed E-state index contributed by atoms with van der Waals surface area (Å²) in [7, 11) is 3.82. The Morgan fingerprint density at radius 2 is 1.92 bits per heavy atom. The lowest BCUT2D eigenvalue weighted by molar-refractivity contribution is 0.0940. The number of carbonyl (C=O) groups excluding carboxylic acids is 1. The molecule has 0 aromatic carbocycles. The number of pyridine rings is 1. The number of fused-ring (bicyclic) bond motifs is 3. The van der Waals surface area contributed by atoms with Gasteiger partial charge in [-0.3, -0.25) is 24.0 Å². The zero-order chi connectivity index (χ0) is 27.3. The fraction of sp³-hybridized carbons (Fsp3) is 0.393. The molecule has 0 bridgehead atoms. The quantitative estimate of drug-likeness (QED) is 0.333. The molecule has 5 aromatic heterocycles. The van der Waals surface area contributed by atoms with Crippen LogP contribution in [0.2, 0.25) is 0 Å². The fourth-order valence-corrected chi connectivity index (χ4v) is 5.53. The molecule has 6 heterocycles. The minimum Gasteiger partial charge on any atom is -0.351 e. The van der Waals surface area contributed by atoms with Gasteiger partial charge in [0, 0.05) is 62.4 Å². The Kier molecular flexibility index (Phi) is 6.10. The molecule has 202 valence electrons. The van der Waals surface area contributed by atoms with Crippen LogP contribution in [0.25, 0.3) is 27.5 Å². The lowest BCUT2D eigenvalue weighted by Crippen LogP contribution is -2.43. The van der Waals surface area contributed by atoms with Gasteiger partial charge in [-0.15, -0.1) is 0 Å². The van der Waals surface area contributed by atoms with Crippen molar-refractivity contribution in [3.63, 3.8) is 0 Å². The number of amides is 1. The van der Waals surface area contributed by atoms with Crippen LogP contribution in [0, 0.1) is 6.92 Å². The maximum absolute atomic E-state index is 12.9. The van der Waals surface area contributed by atoms with E-state index in [9.17, 15) is 4.79 Å². The van der Waals surface area contributed by atoms with Gasteiger partial charge in [0.25, 0.3) is 5.91 Å². The summed E-state index contributed by atoms with van der Waals surface area (Å²) < 4.78 is 5.49. The maximum atomic E-state index is 12.9. The lowest BCUT2D eigenvalue weighted by Gasteiger charge is -2.31. The molecule has 1 saturated heterocycles. The predicted molar refractivity (Wildman–Crippen MR) is 151 cm³/mol. The highest BCUT2D eigenvalue weighted by Gasteiger charge is 2.31. The number of hydrogen-bond donors (Lipinski definition) is 2. The Morgan fingerprint density at radius 3 is 2.67 bits per heavy atom. The zero-order valence-electron chi connectivity index (χ0n) is 23.1. The van der Waals surface area contributed by atoms with Crippen LogP contribution in [0.1, 0.15) is 42.7 Å². The van der Waals surface area contributed by atoms with Crippen LogP contribution in [0.3, 0.4) is 0 Å². The third-order valence-corrected chi connectivity index (χ3v) is 7.82. The number of aromatic nitrogens is 7. The first-order valence-electron chi connectivity index (χ1n) is 13.3. The van der Waals surface area contributed by atoms with E-state index in [1.807, 2.05) is 61.1 Å². The van der Waals surface area contributed by atoms with Crippen molar-refractivity contribution in [2.45, 2.75) is 39.2 Å². The number of rotatable bonds is 7. The normalized spacial score (nSPS) is 15.4. The second-order valence-corrected chi connectivity index (χ2v) is 11.0. The highest BCUT2D eigenvalue weighted by molar-refractivity contribution is 6.01. The van der Waals surface area contributed by atoms with Crippen molar-refractivity contribution < 1.29 is 4.79 Å². The van der Waals surface area contributed by atoms with E-state index in [4.69, 9.17) is 5.10 Å². The molecule has 1 aliphatic heterocycles. The first-order valence-corrected chi connectivity index (χ1v) is 13.3. The summed E-state index contributed by atoms with van der Waals surface area (Å²) in [6, 6.07) is 3.93. The number of anilines is 2. The van der Waals surface area contributed by atoms with Crippen molar-refractivity contribution in [3.05, 3.63) is 54.4 Å². The number of nitrogens with one attached hydrogen (secondary N) is 2. The number of hydrogen-bond acceptors (Lipinski definition) is 7. The molecule has 11 nitrogen and oxygen atoms in total. The van der Waals surface area contributed by atoms with Crippen LogP contribution in [-0.2, 0) is 14.1 Å². The van der Waals surface area contributed by atoms with E-state index in [1.54, 1.807) is 10.9 Å². The topological polar surface area (TPSA) is 110 Å². The minimum absolute atomic E-state index is 0.132. The Bertz CT molecular complexity index is 1690. The summed E-state index contributed by atoms with van der Waals surface area (Å²) in [4.78, 5) is 19.9. The Balaban J connectivity index is 1.23. The van der Waals surface area contributed by atoms with Gasteiger partial charge in [0.15, 0.2) is 5.82 Å². The van der Waals surface area contributed by atoms with Crippen molar-refractivity contribution in [3.8, 4) is 11.1 Å². The average molecular weight is 527 g/mol. The van der Waals surface area contributed by atoms with Gasteiger partial charge in [0.1, 0.15) is 0 Å². The number of nitrogens with zero attached hydrogens (tertiary/aromatic N) is 8. The van der Waals surface area contributed by atoms with E-state index in [2.05, 4.69) is 50.6 Å². The summed E-state index contributed by atoms with van der Waals surface area (Å²) in [6.07, 6.45) is 11.6. The second kappa shape index (κ2) is 9.49. The van der Waals surface area contributed by atoms with Crippen LogP contribution < -0.4 is 10.6 Å². The zero-order valence-corrected chi connectivity index (χ0v) is 23.1. The summed E-state index contributed by atoms with van der Waals surface area (Å²) in [6.45, 7) is 8.96. The minimum atomic E-state index is -0.132. The lowest BCUT2D eigenvalue weighted by atomic mass is 10.0. The SMILES string of the molecule is Cc1ncc(C(=O)NCCN2CCCC2(C)C)cc1Nc1nn(C)c2c1cnn1cc(-c3cnn(C)c3)cc21. The van der Waals surface area contributed by atoms with E-state index < -0.39 is 0 Å². The number of likely N-dealkylation sites (tertiary alicyclic amines) is 1. The molecule has 1 fully saturated rings. The van der Waals surface area contributed by atoms with Gasteiger partial charge in [0.05, 0.1) is 45.8 Å². The third kappa shape index (κ3) is 4.63. The fourth-order valence-electron chi connectivity index (χ4n) is 5.53. The number of aryl methyl sites for hydroxylation is 3. The molecule has 0 unspecified atom stereocenters. The van der Waals surface area contributed by atoms with Gasteiger partial charge >= 0.3 is 0 Å². The monoisotopic (exact) mass is 526 g/mol. The summed E-state index contributed by atoms with van der Waals surface area (Å²) >= 11 is 0. The predicted octanol–water partition coefficient (Wildman–Crippen LogP) is 3.67. The molecule has 0 spiro atoms. The van der Waals surface area contributed by atoms with Crippen LogP contribution in [0.15, 0.2) is 43.1 Å². The summed E-state index contributed by atoms with van der Waals surface area (Å²) in [5.74, 6) is 0.526. The van der Waals surface area contributed by atoms with Crippen molar-refractivity contribution in [2.24, 2.45) is 14.1 Å². The van der Waals surface area contributed by atoms with E-state index in [0.29, 0.717) is 17.9 Å². The smallest absolute Gasteiger partial charge is 0.252 e. The molecule has 2 N–H and O–H groups in total.